The summed E-state index contributed by atoms with van der Waals surface area (Å²) in [6.45, 7) is 0. The van der Waals surface area contributed by atoms with Gasteiger partial charge < -0.3 is 20.3 Å². The fourth-order valence-electron chi connectivity index (χ4n) is 3.09. The lowest BCUT2D eigenvalue weighted by Gasteiger charge is -2.32. The van der Waals surface area contributed by atoms with Crippen LogP contribution in [0.25, 0.3) is 0 Å². The summed E-state index contributed by atoms with van der Waals surface area (Å²) in [5, 5.41) is 19.6. The number of ketones is 1. The van der Waals surface area contributed by atoms with Gasteiger partial charge in [0.2, 0.25) is 5.76 Å². The van der Waals surface area contributed by atoms with Gasteiger partial charge in [-0.25, -0.2) is 0 Å². The molecule has 0 aromatic heterocycles. The Bertz CT molecular complexity index is 786. The number of aromatic hydroxyl groups is 1. The molecule has 118 valence electrons. The van der Waals surface area contributed by atoms with E-state index in [1.807, 2.05) is 6.07 Å². The molecule has 1 unspecified atom stereocenters. The fourth-order valence-corrected chi connectivity index (χ4v) is 3.09. The summed E-state index contributed by atoms with van der Waals surface area (Å²) < 4.78 is 10.9. The molecule has 1 aliphatic heterocycles. The highest BCUT2D eigenvalue weighted by Crippen LogP contribution is 2.46. The number of methoxy groups -OCH3 is 1. The number of carbonyl (C=O) groups is 1. The molecule has 1 aromatic carbocycles. The van der Waals surface area contributed by atoms with E-state index in [0.29, 0.717) is 41.8 Å². The number of nitriles is 1. The summed E-state index contributed by atoms with van der Waals surface area (Å²) in [5.74, 6) is -0.0386. The Labute approximate surface area is 133 Å². The Morgan fingerprint density at radius 1 is 1.43 bits per heavy atom. The van der Waals surface area contributed by atoms with E-state index in [1.165, 1.54) is 13.2 Å². The average Bonchev–Trinajstić information content (AvgIpc) is 2.53. The highest BCUT2D eigenvalue weighted by atomic mass is 16.5. The molecule has 23 heavy (non-hydrogen) atoms. The van der Waals surface area contributed by atoms with E-state index in [0.717, 1.165) is 0 Å². The number of allylic oxidation sites excluding steroid dienone is 3. The SMILES string of the molecule is COC1=C(C#N)OC2=C(C(=O)CCC2)C1c1ccc(N)cc1O. The Morgan fingerprint density at radius 2 is 2.22 bits per heavy atom. The van der Waals surface area contributed by atoms with E-state index in [4.69, 9.17) is 15.2 Å². The van der Waals surface area contributed by atoms with E-state index in [2.05, 4.69) is 0 Å². The van der Waals surface area contributed by atoms with Crippen LogP contribution in [0.1, 0.15) is 30.7 Å². The summed E-state index contributed by atoms with van der Waals surface area (Å²) in [5.41, 5.74) is 7.00. The van der Waals surface area contributed by atoms with Crippen LogP contribution in [0.4, 0.5) is 5.69 Å². The number of ether oxygens (including phenoxy) is 2. The predicted octanol–water partition coefficient (Wildman–Crippen LogP) is 2.48. The third-order valence-corrected chi connectivity index (χ3v) is 4.10. The van der Waals surface area contributed by atoms with Crippen molar-refractivity contribution < 1.29 is 19.4 Å². The quantitative estimate of drug-likeness (QED) is 0.813. The first-order valence-electron chi connectivity index (χ1n) is 7.27. The molecule has 0 saturated carbocycles. The number of nitrogens with two attached hydrogens (primary N) is 1. The maximum absolute atomic E-state index is 12.4. The van der Waals surface area contributed by atoms with Crippen LogP contribution < -0.4 is 5.73 Å². The number of phenols is 1. The first kappa shape index (κ1) is 15.0. The van der Waals surface area contributed by atoms with Gasteiger partial charge in [0.25, 0.3) is 0 Å². The first-order chi connectivity index (χ1) is 11.1. The van der Waals surface area contributed by atoms with Gasteiger partial charge in [0.15, 0.2) is 11.5 Å². The molecule has 1 atom stereocenters. The number of Topliss-reactive ketones (excluding diaryl/α,β-unsaturated/α-hetero) is 1. The molecule has 1 aromatic rings. The molecular formula is C17H16N2O4. The molecule has 0 fully saturated rings. The normalized spacial score (nSPS) is 20.7. The number of phenolic OH excluding ortho intramolecular Hbond substituents is 1. The number of anilines is 1. The molecule has 0 spiro atoms. The monoisotopic (exact) mass is 312 g/mol. The van der Waals surface area contributed by atoms with Crippen LogP contribution in [0.15, 0.2) is 41.0 Å². The van der Waals surface area contributed by atoms with Crippen molar-refractivity contribution in [1.82, 2.24) is 0 Å². The van der Waals surface area contributed by atoms with Gasteiger partial charge in [0.1, 0.15) is 17.6 Å². The van der Waals surface area contributed by atoms with Crippen molar-refractivity contribution in [3.63, 3.8) is 0 Å². The molecule has 3 N–H and O–H groups in total. The highest BCUT2D eigenvalue weighted by molar-refractivity contribution is 5.99. The lowest BCUT2D eigenvalue weighted by molar-refractivity contribution is -0.116. The summed E-state index contributed by atoms with van der Waals surface area (Å²) in [6, 6.07) is 6.65. The van der Waals surface area contributed by atoms with Gasteiger partial charge in [-0.15, -0.1) is 0 Å². The summed E-state index contributed by atoms with van der Waals surface area (Å²) >= 11 is 0. The molecule has 0 radical (unpaired) electrons. The second-order valence-corrected chi connectivity index (χ2v) is 5.48. The second-order valence-electron chi connectivity index (χ2n) is 5.48. The van der Waals surface area contributed by atoms with E-state index in [-0.39, 0.29) is 23.1 Å². The van der Waals surface area contributed by atoms with Gasteiger partial charge in [-0.05, 0) is 12.5 Å². The Kier molecular flexibility index (Phi) is 3.70. The van der Waals surface area contributed by atoms with Gasteiger partial charge in [0, 0.05) is 35.7 Å². The van der Waals surface area contributed by atoms with Crippen LogP contribution in [0.3, 0.4) is 0 Å². The van der Waals surface area contributed by atoms with Crippen molar-refractivity contribution in [3.05, 3.63) is 46.6 Å². The maximum atomic E-state index is 12.4. The maximum Gasteiger partial charge on any atom is 0.242 e. The van der Waals surface area contributed by atoms with Crippen LogP contribution in [-0.2, 0) is 14.3 Å². The third-order valence-electron chi connectivity index (χ3n) is 4.10. The molecule has 0 amide bonds. The van der Waals surface area contributed by atoms with Crippen LogP contribution >= 0.6 is 0 Å². The number of nitrogen functional groups attached to an aromatic ring is 1. The van der Waals surface area contributed by atoms with Crippen molar-refractivity contribution >= 4 is 11.5 Å². The fraction of sp³-hybridized carbons (Fsp3) is 0.294. The lowest BCUT2D eigenvalue weighted by Crippen LogP contribution is -2.26. The van der Waals surface area contributed by atoms with Gasteiger partial charge in [-0.2, -0.15) is 5.26 Å². The standard InChI is InChI=1S/C17H16N2O4/c1-22-17-14(8-18)23-13-4-2-3-11(20)16(13)15(17)10-6-5-9(19)7-12(10)21/h5-7,15,21H,2-4,19H2,1H3. The summed E-state index contributed by atoms with van der Waals surface area (Å²) in [4.78, 5) is 12.4. The van der Waals surface area contributed by atoms with E-state index >= 15 is 0 Å². The topological polar surface area (TPSA) is 106 Å². The molecule has 2 aliphatic rings. The minimum Gasteiger partial charge on any atom is -0.508 e. The zero-order chi connectivity index (χ0) is 16.6. The zero-order valence-corrected chi connectivity index (χ0v) is 12.6. The first-order valence-corrected chi connectivity index (χ1v) is 7.27. The molecule has 3 rings (SSSR count). The van der Waals surface area contributed by atoms with Gasteiger partial charge in [-0.3, -0.25) is 4.79 Å². The number of nitrogens with zero attached hydrogens (tertiary/aromatic N) is 1. The molecule has 1 heterocycles. The van der Waals surface area contributed by atoms with Crippen LogP contribution in [0, 0.1) is 11.3 Å². The molecule has 0 saturated heterocycles. The Hall–Kier alpha value is -2.94. The number of hydrogen-bond acceptors (Lipinski definition) is 6. The number of hydrogen-bond donors (Lipinski definition) is 2. The number of benzene rings is 1. The van der Waals surface area contributed by atoms with Crippen LogP contribution in [0.2, 0.25) is 0 Å². The largest absolute Gasteiger partial charge is 0.508 e. The predicted molar refractivity (Wildman–Crippen MR) is 81.9 cm³/mol. The van der Waals surface area contributed by atoms with E-state index in [9.17, 15) is 15.2 Å². The second kappa shape index (κ2) is 5.69. The molecule has 0 bridgehead atoms. The van der Waals surface area contributed by atoms with Crippen molar-refractivity contribution in [2.24, 2.45) is 0 Å². The zero-order valence-electron chi connectivity index (χ0n) is 12.6. The van der Waals surface area contributed by atoms with Crippen molar-refractivity contribution in [2.75, 3.05) is 12.8 Å². The summed E-state index contributed by atoms with van der Waals surface area (Å²) in [6.07, 6.45) is 1.67. The minimum atomic E-state index is -0.660. The van der Waals surface area contributed by atoms with Gasteiger partial charge in [0.05, 0.1) is 13.0 Å². The van der Waals surface area contributed by atoms with Gasteiger partial charge in [-0.1, -0.05) is 6.07 Å². The molecule has 1 aliphatic carbocycles. The molecule has 6 nitrogen and oxygen atoms in total. The van der Waals surface area contributed by atoms with E-state index < -0.39 is 5.92 Å². The molecule has 6 heteroatoms. The minimum absolute atomic E-state index is 0.0159. The van der Waals surface area contributed by atoms with Crippen LogP contribution in [-0.4, -0.2) is 18.0 Å². The van der Waals surface area contributed by atoms with Crippen molar-refractivity contribution in [2.45, 2.75) is 25.2 Å². The lowest BCUT2D eigenvalue weighted by atomic mass is 9.79. The van der Waals surface area contributed by atoms with Crippen LogP contribution in [0.5, 0.6) is 5.75 Å². The third kappa shape index (κ3) is 2.40. The van der Waals surface area contributed by atoms with Crippen molar-refractivity contribution in [1.29, 1.82) is 5.26 Å². The molecular weight excluding hydrogens is 296 g/mol. The smallest absolute Gasteiger partial charge is 0.242 e. The van der Waals surface area contributed by atoms with Crippen molar-refractivity contribution in [3.8, 4) is 11.8 Å². The Balaban J connectivity index is 2.23. The number of carbonyl (C=O) groups excluding carboxylic acids is 1. The van der Waals surface area contributed by atoms with E-state index in [1.54, 1.807) is 12.1 Å². The summed E-state index contributed by atoms with van der Waals surface area (Å²) in [7, 11) is 1.41. The number of rotatable bonds is 2. The Morgan fingerprint density at radius 3 is 2.87 bits per heavy atom. The van der Waals surface area contributed by atoms with Gasteiger partial charge >= 0.3 is 0 Å². The highest BCUT2D eigenvalue weighted by Gasteiger charge is 2.40. The average molecular weight is 312 g/mol.